The summed E-state index contributed by atoms with van der Waals surface area (Å²) in [5, 5.41) is 2.69. The highest BCUT2D eigenvalue weighted by molar-refractivity contribution is 9.10. The molecule has 2 aromatic carbocycles. The summed E-state index contributed by atoms with van der Waals surface area (Å²) < 4.78 is 11.5. The molecule has 0 aliphatic heterocycles. The second-order valence-corrected chi connectivity index (χ2v) is 7.43. The van der Waals surface area contributed by atoms with E-state index in [-0.39, 0.29) is 18.3 Å². The summed E-state index contributed by atoms with van der Waals surface area (Å²) in [4.78, 5) is 23.7. The van der Waals surface area contributed by atoms with Gasteiger partial charge in [-0.2, -0.15) is 0 Å². The Morgan fingerprint density at radius 3 is 2.38 bits per heavy atom. The van der Waals surface area contributed by atoms with Gasteiger partial charge in [0.1, 0.15) is 11.5 Å². The summed E-state index contributed by atoms with van der Waals surface area (Å²) in [6.45, 7) is 1.55. The Morgan fingerprint density at radius 2 is 1.72 bits per heavy atom. The monoisotopic (exact) mass is 499 g/mol. The summed E-state index contributed by atoms with van der Waals surface area (Å²) in [5.41, 5.74) is 5.90. The average molecular weight is 501 g/mol. The fourth-order valence-corrected chi connectivity index (χ4v) is 2.96. The maximum atomic E-state index is 11.9. The molecule has 154 valence electrons. The molecule has 0 heterocycles. The number of halogens is 2. The fourth-order valence-electron chi connectivity index (χ4n) is 2.06. The SMILES string of the molecule is CCc1ccc(OCC(=O)NC(=S)NNC(=O)COc2ccc(Br)cc2Cl)cc1. The lowest BCUT2D eigenvalue weighted by molar-refractivity contribution is -0.124. The Bertz CT molecular complexity index is 880. The van der Waals surface area contributed by atoms with Crippen molar-refractivity contribution in [3.8, 4) is 11.5 Å². The Labute approximate surface area is 187 Å². The Hall–Kier alpha value is -2.36. The lowest BCUT2D eigenvalue weighted by Crippen LogP contribution is -2.50. The highest BCUT2D eigenvalue weighted by Gasteiger charge is 2.09. The zero-order valence-corrected chi connectivity index (χ0v) is 18.6. The molecule has 2 aromatic rings. The molecule has 0 aliphatic rings. The number of aryl methyl sites for hydroxylation is 1. The van der Waals surface area contributed by atoms with Crippen LogP contribution in [0.3, 0.4) is 0 Å². The second-order valence-electron chi connectivity index (χ2n) is 5.70. The summed E-state index contributed by atoms with van der Waals surface area (Å²) in [6.07, 6.45) is 0.924. The van der Waals surface area contributed by atoms with E-state index >= 15 is 0 Å². The van der Waals surface area contributed by atoms with Crippen LogP contribution in [0.4, 0.5) is 0 Å². The molecule has 10 heteroatoms. The van der Waals surface area contributed by atoms with Gasteiger partial charge in [-0.3, -0.25) is 25.8 Å². The van der Waals surface area contributed by atoms with E-state index in [4.69, 9.17) is 33.3 Å². The van der Waals surface area contributed by atoms with Crippen molar-refractivity contribution in [3.05, 3.63) is 57.5 Å². The average Bonchev–Trinajstić information content (AvgIpc) is 2.70. The smallest absolute Gasteiger partial charge is 0.276 e. The first-order valence-electron chi connectivity index (χ1n) is 8.55. The number of ether oxygens (including phenoxy) is 2. The molecule has 7 nitrogen and oxygen atoms in total. The van der Waals surface area contributed by atoms with Crippen molar-refractivity contribution >= 4 is 56.7 Å². The predicted molar refractivity (Wildman–Crippen MR) is 118 cm³/mol. The molecular formula is C19H19BrClN3O4S. The van der Waals surface area contributed by atoms with Gasteiger partial charge in [0.2, 0.25) is 0 Å². The zero-order chi connectivity index (χ0) is 21.2. The summed E-state index contributed by atoms with van der Waals surface area (Å²) in [7, 11) is 0. The van der Waals surface area contributed by atoms with E-state index in [9.17, 15) is 9.59 Å². The van der Waals surface area contributed by atoms with Crippen LogP contribution in [0.25, 0.3) is 0 Å². The molecule has 0 atom stereocenters. The van der Waals surface area contributed by atoms with Gasteiger partial charge in [-0.25, -0.2) is 0 Å². The lowest BCUT2D eigenvalue weighted by Gasteiger charge is -2.12. The zero-order valence-electron chi connectivity index (χ0n) is 15.5. The number of benzene rings is 2. The van der Waals surface area contributed by atoms with Crippen LogP contribution in [0.5, 0.6) is 11.5 Å². The van der Waals surface area contributed by atoms with E-state index in [2.05, 4.69) is 39.0 Å². The third-order valence-electron chi connectivity index (χ3n) is 3.52. The van der Waals surface area contributed by atoms with Crippen molar-refractivity contribution in [1.82, 2.24) is 16.2 Å². The summed E-state index contributed by atoms with van der Waals surface area (Å²) in [5.74, 6) is -0.0274. The number of hydrazine groups is 1. The van der Waals surface area contributed by atoms with Crippen LogP contribution in [0.2, 0.25) is 5.02 Å². The third-order valence-corrected chi connectivity index (χ3v) is 4.52. The molecule has 0 aromatic heterocycles. The number of carbonyl (C=O) groups excluding carboxylic acids is 2. The first-order chi connectivity index (χ1) is 13.9. The highest BCUT2D eigenvalue weighted by Crippen LogP contribution is 2.27. The van der Waals surface area contributed by atoms with E-state index in [0.717, 1.165) is 10.9 Å². The molecule has 0 saturated heterocycles. The number of nitrogens with one attached hydrogen (secondary N) is 3. The molecule has 0 bridgehead atoms. The molecule has 0 unspecified atom stereocenters. The molecule has 0 saturated carbocycles. The van der Waals surface area contributed by atoms with Crippen molar-refractivity contribution in [2.75, 3.05) is 13.2 Å². The Morgan fingerprint density at radius 1 is 1.03 bits per heavy atom. The molecule has 2 rings (SSSR count). The highest BCUT2D eigenvalue weighted by atomic mass is 79.9. The second kappa shape index (κ2) is 11.6. The largest absolute Gasteiger partial charge is 0.484 e. The molecule has 29 heavy (non-hydrogen) atoms. The first kappa shape index (κ1) is 22.9. The lowest BCUT2D eigenvalue weighted by atomic mass is 10.2. The standard InChI is InChI=1S/C19H19BrClN3O4S/c1-2-12-3-6-14(7-4-12)27-10-17(25)22-19(29)24-23-18(26)11-28-16-8-5-13(20)9-15(16)21/h3-9H,2,10-11H2,1H3,(H,23,26)(H2,22,24,25,29). The number of hydrogen-bond donors (Lipinski definition) is 3. The van der Waals surface area contributed by atoms with Crippen LogP contribution in [-0.4, -0.2) is 30.1 Å². The number of thiocarbonyl (C=S) groups is 1. The van der Waals surface area contributed by atoms with Gasteiger partial charge in [-0.05, 0) is 54.5 Å². The van der Waals surface area contributed by atoms with Gasteiger partial charge in [0.15, 0.2) is 18.3 Å². The minimum atomic E-state index is -0.507. The van der Waals surface area contributed by atoms with Gasteiger partial charge in [-0.15, -0.1) is 0 Å². The van der Waals surface area contributed by atoms with Gasteiger partial charge in [-0.1, -0.05) is 46.6 Å². The Kier molecular flexibility index (Phi) is 9.17. The minimum absolute atomic E-state index is 0.0741. The van der Waals surface area contributed by atoms with Crippen LogP contribution >= 0.6 is 39.7 Å². The van der Waals surface area contributed by atoms with Crippen LogP contribution in [0, 0.1) is 0 Å². The van der Waals surface area contributed by atoms with Crippen LogP contribution in [-0.2, 0) is 16.0 Å². The summed E-state index contributed by atoms with van der Waals surface area (Å²) in [6, 6.07) is 12.5. The van der Waals surface area contributed by atoms with Crippen LogP contribution < -0.4 is 25.6 Å². The number of hydrogen-bond acceptors (Lipinski definition) is 5. The molecule has 0 aliphatic carbocycles. The van der Waals surface area contributed by atoms with E-state index in [0.29, 0.717) is 16.5 Å². The normalized spacial score (nSPS) is 10.0. The van der Waals surface area contributed by atoms with Crippen molar-refractivity contribution in [2.24, 2.45) is 0 Å². The molecule has 0 fully saturated rings. The van der Waals surface area contributed by atoms with Crippen molar-refractivity contribution in [2.45, 2.75) is 13.3 Å². The molecule has 2 amide bonds. The van der Waals surface area contributed by atoms with Crippen molar-refractivity contribution < 1.29 is 19.1 Å². The summed E-state index contributed by atoms with van der Waals surface area (Å²) >= 11 is 14.2. The maximum Gasteiger partial charge on any atom is 0.276 e. The molecule has 0 radical (unpaired) electrons. The molecule has 0 spiro atoms. The van der Waals surface area contributed by atoms with E-state index < -0.39 is 11.8 Å². The number of carbonyl (C=O) groups is 2. The minimum Gasteiger partial charge on any atom is -0.484 e. The van der Waals surface area contributed by atoms with E-state index in [1.807, 2.05) is 12.1 Å². The van der Waals surface area contributed by atoms with Gasteiger partial charge >= 0.3 is 0 Å². The Balaban J connectivity index is 1.66. The maximum absolute atomic E-state index is 11.9. The quantitative estimate of drug-likeness (QED) is 0.400. The predicted octanol–water partition coefficient (Wildman–Crippen LogP) is 3.14. The van der Waals surface area contributed by atoms with E-state index in [1.165, 1.54) is 5.56 Å². The third kappa shape index (κ3) is 8.26. The van der Waals surface area contributed by atoms with Gasteiger partial charge in [0.25, 0.3) is 11.8 Å². The van der Waals surface area contributed by atoms with Crippen LogP contribution in [0.15, 0.2) is 46.9 Å². The van der Waals surface area contributed by atoms with E-state index in [1.54, 1.807) is 30.3 Å². The van der Waals surface area contributed by atoms with Gasteiger partial charge in [0.05, 0.1) is 5.02 Å². The first-order valence-corrected chi connectivity index (χ1v) is 10.1. The topological polar surface area (TPSA) is 88.7 Å². The van der Waals surface area contributed by atoms with Gasteiger partial charge in [0, 0.05) is 4.47 Å². The number of rotatable bonds is 7. The van der Waals surface area contributed by atoms with Crippen molar-refractivity contribution in [3.63, 3.8) is 0 Å². The number of amides is 2. The fraction of sp³-hybridized carbons (Fsp3) is 0.211. The molecular weight excluding hydrogens is 482 g/mol. The van der Waals surface area contributed by atoms with Gasteiger partial charge < -0.3 is 9.47 Å². The van der Waals surface area contributed by atoms with Crippen LogP contribution in [0.1, 0.15) is 12.5 Å². The molecule has 3 N–H and O–H groups in total. The van der Waals surface area contributed by atoms with Crippen molar-refractivity contribution in [1.29, 1.82) is 0 Å².